The second-order valence-electron chi connectivity index (χ2n) is 2.99. The molecule has 1 aromatic rings. The summed E-state index contributed by atoms with van der Waals surface area (Å²) >= 11 is 5.34. The maximum absolute atomic E-state index is 13.3. The lowest BCUT2D eigenvalue weighted by Crippen LogP contribution is -2.30. The van der Waals surface area contributed by atoms with Crippen LogP contribution in [-0.2, 0) is 0 Å². The average Bonchev–Trinajstić information content (AvgIpc) is 2.28. The molecule has 0 aromatic heterocycles. The van der Waals surface area contributed by atoms with E-state index in [4.69, 9.17) is 11.6 Å². The Labute approximate surface area is 101 Å². The second-order valence-corrected chi connectivity index (χ2v) is 3.37. The zero-order chi connectivity index (χ0) is 12.8. The SMILES string of the molecule is O=C(NCCCl)Nc1ccc([N+](=O)[O-])cc1F. The van der Waals surface area contributed by atoms with Crippen molar-refractivity contribution in [2.24, 2.45) is 0 Å². The Bertz CT molecular complexity index is 441. The number of nitro benzene ring substituents is 1. The fourth-order valence-corrected chi connectivity index (χ4v) is 1.14. The number of amides is 2. The van der Waals surface area contributed by atoms with E-state index in [9.17, 15) is 19.3 Å². The molecule has 2 N–H and O–H groups in total. The van der Waals surface area contributed by atoms with Gasteiger partial charge in [-0.15, -0.1) is 11.6 Å². The Morgan fingerprint density at radius 3 is 2.76 bits per heavy atom. The van der Waals surface area contributed by atoms with Crippen LogP contribution in [0.5, 0.6) is 0 Å². The molecule has 0 saturated carbocycles. The molecule has 0 radical (unpaired) electrons. The zero-order valence-electron chi connectivity index (χ0n) is 8.57. The Hall–Kier alpha value is -1.89. The third kappa shape index (κ3) is 3.87. The first-order valence-corrected chi connectivity index (χ1v) is 5.13. The van der Waals surface area contributed by atoms with Gasteiger partial charge < -0.3 is 10.6 Å². The number of nitrogens with zero attached hydrogens (tertiary/aromatic N) is 1. The van der Waals surface area contributed by atoms with E-state index in [0.717, 1.165) is 18.2 Å². The first-order valence-electron chi connectivity index (χ1n) is 4.59. The first kappa shape index (κ1) is 13.2. The highest BCUT2D eigenvalue weighted by Crippen LogP contribution is 2.20. The van der Waals surface area contributed by atoms with Crippen molar-refractivity contribution in [1.82, 2.24) is 5.32 Å². The molecule has 0 aliphatic rings. The van der Waals surface area contributed by atoms with Crippen LogP contribution >= 0.6 is 11.6 Å². The number of non-ortho nitro benzene ring substituents is 1. The minimum Gasteiger partial charge on any atom is -0.337 e. The molecule has 0 saturated heterocycles. The van der Waals surface area contributed by atoms with Crippen LogP contribution in [0.4, 0.5) is 20.6 Å². The minimum atomic E-state index is -0.875. The van der Waals surface area contributed by atoms with Gasteiger partial charge in [-0.2, -0.15) is 0 Å². The highest BCUT2D eigenvalue weighted by Gasteiger charge is 2.12. The number of hydrogen-bond acceptors (Lipinski definition) is 3. The van der Waals surface area contributed by atoms with Gasteiger partial charge in [-0.1, -0.05) is 0 Å². The normalized spacial score (nSPS) is 9.76. The van der Waals surface area contributed by atoms with E-state index in [1.54, 1.807) is 0 Å². The molecule has 0 fully saturated rings. The van der Waals surface area contributed by atoms with Gasteiger partial charge in [0, 0.05) is 18.5 Å². The second kappa shape index (κ2) is 6.00. The summed E-state index contributed by atoms with van der Waals surface area (Å²) in [7, 11) is 0. The zero-order valence-corrected chi connectivity index (χ0v) is 9.33. The lowest BCUT2D eigenvalue weighted by atomic mass is 10.2. The molecule has 0 aliphatic heterocycles. The Balaban J connectivity index is 2.72. The predicted molar refractivity (Wildman–Crippen MR) is 60.8 cm³/mol. The van der Waals surface area contributed by atoms with Gasteiger partial charge in [0.15, 0.2) is 5.82 Å². The number of anilines is 1. The van der Waals surface area contributed by atoms with Gasteiger partial charge in [0.25, 0.3) is 5.69 Å². The van der Waals surface area contributed by atoms with Gasteiger partial charge >= 0.3 is 6.03 Å². The van der Waals surface area contributed by atoms with Gasteiger partial charge in [0.05, 0.1) is 16.7 Å². The van der Waals surface area contributed by atoms with Crippen LogP contribution in [-0.4, -0.2) is 23.4 Å². The molecule has 1 rings (SSSR count). The highest BCUT2D eigenvalue weighted by molar-refractivity contribution is 6.18. The molecular formula is C9H9ClFN3O3. The van der Waals surface area contributed by atoms with E-state index < -0.39 is 16.8 Å². The van der Waals surface area contributed by atoms with Crippen molar-refractivity contribution in [2.45, 2.75) is 0 Å². The number of alkyl halides is 1. The highest BCUT2D eigenvalue weighted by atomic mass is 35.5. The number of hydrogen-bond donors (Lipinski definition) is 2. The predicted octanol–water partition coefficient (Wildman–Crippen LogP) is 2.09. The number of halogens is 2. The summed E-state index contributed by atoms with van der Waals surface area (Å²) in [5, 5.41) is 14.9. The molecule has 6 nitrogen and oxygen atoms in total. The van der Waals surface area contributed by atoms with Gasteiger partial charge in [-0.25, -0.2) is 9.18 Å². The van der Waals surface area contributed by atoms with Crippen molar-refractivity contribution in [3.8, 4) is 0 Å². The number of carbonyl (C=O) groups is 1. The van der Waals surface area contributed by atoms with E-state index in [1.165, 1.54) is 0 Å². The fraction of sp³-hybridized carbons (Fsp3) is 0.222. The third-order valence-electron chi connectivity index (χ3n) is 1.79. The van der Waals surface area contributed by atoms with Crippen LogP contribution in [0.2, 0.25) is 0 Å². The number of nitro groups is 1. The molecule has 0 atom stereocenters. The van der Waals surface area contributed by atoms with Crippen molar-refractivity contribution >= 4 is 29.0 Å². The Kier molecular flexibility index (Phi) is 4.65. The molecule has 0 unspecified atom stereocenters. The minimum absolute atomic E-state index is 0.136. The summed E-state index contributed by atoms with van der Waals surface area (Å²) in [6.45, 7) is 0.238. The van der Waals surface area contributed by atoms with Crippen LogP contribution in [0.1, 0.15) is 0 Å². The van der Waals surface area contributed by atoms with Crippen LogP contribution < -0.4 is 10.6 Å². The summed E-state index contributed by atoms with van der Waals surface area (Å²) in [6, 6.07) is 2.32. The molecule has 92 valence electrons. The Morgan fingerprint density at radius 2 is 2.24 bits per heavy atom. The Morgan fingerprint density at radius 1 is 1.53 bits per heavy atom. The van der Waals surface area contributed by atoms with Crippen molar-refractivity contribution in [1.29, 1.82) is 0 Å². The molecule has 0 aliphatic carbocycles. The summed E-state index contributed by atoms with van der Waals surface area (Å²) in [5.74, 6) is -0.642. The molecule has 0 bridgehead atoms. The summed E-state index contributed by atoms with van der Waals surface area (Å²) in [6.07, 6.45) is 0. The molecule has 2 amide bonds. The van der Waals surface area contributed by atoms with Crippen LogP contribution in [0.3, 0.4) is 0 Å². The van der Waals surface area contributed by atoms with Crippen LogP contribution in [0, 0.1) is 15.9 Å². The number of benzene rings is 1. The topological polar surface area (TPSA) is 84.3 Å². The van der Waals surface area contributed by atoms with Gasteiger partial charge in [0.1, 0.15) is 0 Å². The van der Waals surface area contributed by atoms with Crippen molar-refractivity contribution in [3.05, 3.63) is 34.1 Å². The van der Waals surface area contributed by atoms with E-state index in [1.807, 2.05) is 0 Å². The average molecular weight is 262 g/mol. The number of rotatable bonds is 4. The molecule has 0 heterocycles. The monoisotopic (exact) mass is 261 g/mol. The number of nitrogens with one attached hydrogen (secondary N) is 2. The summed E-state index contributed by atoms with van der Waals surface area (Å²) < 4.78 is 13.3. The van der Waals surface area contributed by atoms with E-state index in [0.29, 0.717) is 0 Å². The van der Waals surface area contributed by atoms with Crippen molar-refractivity contribution in [3.63, 3.8) is 0 Å². The van der Waals surface area contributed by atoms with E-state index in [2.05, 4.69) is 10.6 Å². The summed E-state index contributed by atoms with van der Waals surface area (Å²) in [4.78, 5) is 20.8. The van der Waals surface area contributed by atoms with E-state index >= 15 is 0 Å². The summed E-state index contributed by atoms with van der Waals surface area (Å²) in [5.41, 5.74) is -0.517. The fourth-order valence-electron chi connectivity index (χ4n) is 1.05. The largest absolute Gasteiger partial charge is 0.337 e. The molecule has 1 aromatic carbocycles. The van der Waals surface area contributed by atoms with Gasteiger partial charge in [0.2, 0.25) is 0 Å². The lowest BCUT2D eigenvalue weighted by molar-refractivity contribution is -0.385. The lowest BCUT2D eigenvalue weighted by Gasteiger charge is -2.06. The standard InChI is InChI=1S/C9H9ClFN3O3/c10-3-4-12-9(15)13-8-2-1-6(14(16)17)5-7(8)11/h1-2,5H,3-4H2,(H2,12,13,15). The molecule has 0 spiro atoms. The van der Waals surface area contributed by atoms with Crippen LogP contribution in [0.15, 0.2) is 18.2 Å². The molecule has 17 heavy (non-hydrogen) atoms. The maximum Gasteiger partial charge on any atom is 0.319 e. The maximum atomic E-state index is 13.3. The van der Waals surface area contributed by atoms with Crippen molar-refractivity contribution < 1.29 is 14.1 Å². The van der Waals surface area contributed by atoms with E-state index in [-0.39, 0.29) is 23.8 Å². The first-order chi connectivity index (χ1) is 8.04. The number of urea groups is 1. The number of carbonyl (C=O) groups excluding carboxylic acids is 1. The van der Waals surface area contributed by atoms with Crippen molar-refractivity contribution in [2.75, 3.05) is 17.7 Å². The van der Waals surface area contributed by atoms with Gasteiger partial charge in [-0.05, 0) is 6.07 Å². The van der Waals surface area contributed by atoms with Crippen LogP contribution in [0.25, 0.3) is 0 Å². The quantitative estimate of drug-likeness (QED) is 0.494. The molecule has 8 heteroatoms. The van der Waals surface area contributed by atoms with Gasteiger partial charge in [-0.3, -0.25) is 10.1 Å². The smallest absolute Gasteiger partial charge is 0.319 e. The molecular weight excluding hydrogens is 253 g/mol. The third-order valence-corrected chi connectivity index (χ3v) is 1.98.